The molecule has 88 valence electrons. The standard InChI is InChI=1S/C14H13BrO2/c1-16-13-7-11(8-14(9-13)17-2)10-3-5-12(15)6-4-10/h3-9H,1-2H3. The second kappa shape index (κ2) is 5.23. The van der Waals surface area contributed by atoms with Crippen molar-refractivity contribution >= 4 is 15.9 Å². The summed E-state index contributed by atoms with van der Waals surface area (Å²) in [7, 11) is 3.31. The Kier molecular flexibility index (Phi) is 3.69. The van der Waals surface area contributed by atoms with Crippen LogP contribution in [0.5, 0.6) is 11.5 Å². The molecule has 0 spiro atoms. The molecule has 2 nitrogen and oxygen atoms in total. The summed E-state index contributed by atoms with van der Waals surface area (Å²) < 4.78 is 11.6. The summed E-state index contributed by atoms with van der Waals surface area (Å²) in [4.78, 5) is 0. The van der Waals surface area contributed by atoms with Crippen molar-refractivity contribution in [1.29, 1.82) is 0 Å². The summed E-state index contributed by atoms with van der Waals surface area (Å²) in [5.74, 6) is 1.59. The summed E-state index contributed by atoms with van der Waals surface area (Å²) in [5.41, 5.74) is 2.21. The fourth-order valence-electron chi connectivity index (χ4n) is 1.62. The van der Waals surface area contributed by atoms with Gasteiger partial charge in [0.25, 0.3) is 0 Å². The van der Waals surface area contributed by atoms with Gasteiger partial charge in [0.15, 0.2) is 0 Å². The van der Waals surface area contributed by atoms with E-state index >= 15 is 0 Å². The maximum absolute atomic E-state index is 5.25. The smallest absolute Gasteiger partial charge is 0.123 e. The Morgan fingerprint density at radius 1 is 0.765 bits per heavy atom. The van der Waals surface area contributed by atoms with E-state index in [-0.39, 0.29) is 0 Å². The first-order valence-electron chi connectivity index (χ1n) is 5.22. The Labute approximate surface area is 109 Å². The van der Waals surface area contributed by atoms with Gasteiger partial charge < -0.3 is 9.47 Å². The lowest BCUT2D eigenvalue weighted by molar-refractivity contribution is 0.394. The van der Waals surface area contributed by atoms with Crippen molar-refractivity contribution in [2.45, 2.75) is 0 Å². The molecule has 0 unspecified atom stereocenters. The van der Waals surface area contributed by atoms with Gasteiger partial charge in [0.1, 0.15) is 11.5 Å². The van der Waals surface area contributed by atoms with Gasteiger partial charge >= 0.3 is 0 Å². The third kappa shape index (κ3) is 2.80. The number of hydrogen-bond donors (Lipinski definition) is 0. The minimum Gasteiger partial charge on any atom is -0.497 e. The van der Waals surface area contributed by atoms with Gasteiger partial charge in [0.2, 0.25) is 0 Å². The number of methoxy groups -OCH3 is 2. The second-order valence-corrected chi connectivity index (χ2v) is 4.52. The van der Waals surface area contributed by atoms with E-state index in [1.165, 1.54) is 0 Å². The molecule has 0 radical (unpaired) electrons. The fourth-order valence-corrected chi connectivity index (χ4v) is 1.88. The molecule has 0 aliphatic heterocycles. The quantitative estimate of drug-likeness (QED) is 0.847. The van der Waals surface area contributed by atoms with E-state index in [1.54, 1.807) is 14.2 Å². The monoisotopic (exact) mass is 292 g/mol. The summed E-state index contributed by atoms with van der Waals surface area (Å²) in [6.45, 7) is 0. The van der Waals surface area contributed by atoms with Gasteiger partial charge in [-0.3, -0.25) is 0 Å². The van der Waals surface area contributed by atoms with E-state index in [4.69, 9.17) is 9.47 Å². The van der Waals surface area contributed by atoms with Crippen LogP contribution in [0.25, 0.3) is 11.1 Å². The van der Waals surface area contributed by atoms with Crippen LogP contribution >= 0.6 is 15.9 Å². The van der Waals surface area contributed by atoms with Crippen LogP contribution in [0.2, 0.25) is 0 Å². The topological polar surface area (TPSA) is 18.5 Å². The molecule has 0 aromatic heterocycles. The summed E-state index contributed by atoms with van der Waals surface area (Å²) in [6.07, 6.45) is 0. The average molecular weight is 293 g/mol. The molecule has 0 saturated carbocycles. The molecule has 0 N–H and O–H groups in total. The zero-order chi connectivity index (χ0) is 12.3. The van der Waals surface area contributed by atoms with E-state index in [9.17, 15) is 0 Å². The van der Waals surface area contributed by atoms with Gasteiger partial charge in [-0.05, 0) is 35.4 Å². The Hall–Kier alpha value is -1.48. The summed E-state index contributed by atoms with van der Waals surface area (Å²) in [6, 6.07) is 14.0. The highest BCUT2D eigenvalue weighted by atomic mass is 79.9. The van der Waals surface area contributed by atoms with Crippen molar-refractivity contribution in [3.05, 3.63) is 46.9 Å². The number of benzene rings is 2. The summed E-state index contributed by atoms with van der Waals surface area (Å²) in [5, 5.41) is 0. The molecular weight excluding hydrogens is 280 g/mol. The number of ether oxygens (including phenoxy) is 2. The summed E-state index contributed by atoms with van der Waals surface area (Å²) >= 11 is 3.42. The lowest BCUT2D eigenvalue weighted by atomic mass is 10.1. The van der Waals surface area contributed by atoms with E-state index in [0.717, 1.165) is 27.1 Å². The van der Waals surface area contributed by atoms with E-state index in [2.05, 4.69) is 28.1 Å². The SMILES string of the molecule is COc1cc(OC)cc(-c2ccc(Br)cc2)c1. The van der Waals surface area contributed by atoms with Crippen molar-refractivity contribution in [2.24, 2.45) is 0 Å². The van der Waals surface area contributed by atoms with Crippen LogP contribution in [0.3, 0.4) is 0 Å². The van der Waals surface area contributed by atoms with Crippen LogP contribution in [0.15, 0.2) is 46.9 Å². The first-order valence-corrected chi connectivity index (χ1v) is 6.01. The number of halogens is 1. The van der Waals surface area contributed by atoms with Crippen molar-refractivity contribution in [2.75, 3.05) is 14.2 Å². The number of rotatable bonds is 3. The zero-order valence-corrected chi connectivity index (χ0v) is 11.3. The van der Waals surface area contributed by atoms with E-state index < -0.39 is 0 Å². The van der Waals surface area contributed by atoms with Crippen molar-refractivity contribution < 1.29 is 9.47 Å². The van der Waals surface area contributed by atoms with Gasteiger partial charge in [-0.1, -0.05) is 28.1 Å². The molecule has 0 aliphatic carbocycles. The van der Waals surface area contributed by atoms with Crippen LogP contribution in [-0.4, -0.2) is 14.2 Å². The Bertz CT molecular complexity index is 484. The van der Waals surface area contributed by atoms with Crippen LogP contribution in [0.1, 0.15) is 0 Å². The molecular formula is C14H13BrO2. The van der Waals surface area contributed by atoms with Gasteiger partial charge in [-0.2, -0.15) is 0 Å². The molecule has 0 aliphatic rings. The van der Waals surface area contributed by atoms with Crippen LogP contribution < -0.4 is 9.47 Å². The minimum atomic E-state index is 0.794. The third-order valence-electron chi connectivity index (χ3n) is 2.53. The maximum atomic E-state index is 5.25. The van der Waals surface area contributed by atoms with Gasteiger partial charge in [-0.15, -0.1) is 0 Å². The van der Waals surface area contributed by atoms with E-state index in [0.29, 0.717) is 0 Å². The first kappa shape index (κ1) is 12.0. The molecule has 0 atom stereocenters. The molecule has 2 rings (SSSR count). The maximum Gasteiger partial charge on any atom is 0.123 e. The highest BCUT2D eigenvalue weighted by Crippen LogP contribution is 2.30. The average Bonchev–Trinajstić information content (AvgIpc) is 2.39. The molecule has 17 heavy (non-hydrogen) atoms. The van der Waals surface area contributed by atoms with E-state index in [1.807, 2.05) is 30.3 Å². The van der Waals surface area contributed by atoms with Crippen molar-refractivity contribution in [1.82, 2.24) is 0 Å². The van der Waals surface area contributed by atoms with Gasteiger partial charge in [0, 0.05) is 10.5 Å². The Morgan fingerprint density at radius 2 is 1.29 bits per heavy atom. The predicted octanol–water partition coefficient (Wildman–Crippen LogP) is 4.13. The first-order chi connectivity index (χ1) is 8.22. The molecule has 0 saturated heterocycles. The molecule has 2 aromatic rings. The second-order valence-electron chi connectivity index (χ2n) is 3.61. The van der Waals surface area contributed by atoms with Crippen molar-refractivity contribution in [3.63, 3.8) is 0 Å². The van der Waals surface area contributed by atoms with Gasteiger partial charge in [-0.25, -0.2) is 0 Å². The molecule has 0 bridgehead atoms. The molecule has 3 heteroatoms. The number of hydrogen-bond acceptors (Lipinski definition) is 2. The zero-order valence-electron chi connectivity index (χ0n) is 9.74. The third-order valence-corrected chi connectivity index (χ3v) is 3.06. The Morgan fingerprint density at radius 3 is 1.76 bits per heavy atom. The highest BCUT2D eigenvalue weighted by molar-refractivity contribution is 9.10. The lowest BCUT2D eigenvalue weighted by Crippen LogP contribution is -1.88. The molecule has 0 heterocycles. The van der Waals surface area contributed by atoms with Crippen LogP contribution in [0.4, 0.5) is 0 Å². The van der Waals surface area contributed by atoms with Crippen LogP contribution in [0, 0.1) is 0 Å². The fraction of sp³-hybridized carbons (Fsp3) is 0.143. The van der Waals surface area contributed by atoms with Gasteiger partial charge in [0.05, 0.1) is 14.2 Å². The highest BCUT2D eigenvalue weighted by Gasteiger charge is 2.03. The largest absolute Gasteiger partial charge is 0.497 e. The molecule has 0 amide bonds. The molecule has 2 aromatic carbocycles. The normalized spacial score (nSPS) is 10.1. The minimum absolute atomic E-state index is 0.794. The van der Waals surface area contributed by atoms with Crippen molar-refractivity contribution in [3.8, 4) is 22.6 Å². The predicted molar refractivity (Wildman–Crippen MR) is 72.7 cm³/mol. The lowest BCUT2D eigenvalue weighted by Gasteiger charge is -2.08. The van der Waals surface area contributed by atoms with Crippen LogP contribution in [-0.2, 0) is 0 Å². The Balaban J connectivity index is 2.46. The molecule has 0 fully saturated rings.